The first kappa shape index (κ1) is 14.7. The molecule has 0 aromatic heterocycles. The number of aliphatic hydroxyl groups is 1. The fourth-order valence-corrected chi connectivity index (χ4v) is 2.05. The molecule has 4 nitrogen and oxygen atoms in total. The van der Waals surface area contributed by atoms with Gasteiger partial charge in [0, 0.05) is 39.1 Å². The second-order valence-electron chi connectivity index (χ2n) is 4.54. The van der Waals surface area contributed by atoms with Gasteiger partial charge in [0.2, 0.25) is 0 Å². The average molecular weight is 256 g/mol. The van der Waals surface area contributed by atoms with Gasteiger partial charge in [0.1, 0.15) is 6.04 Å². The molecular weight excluding hydrogens is 237 g/mol. The van der Waals surface area contributed by atoms with Crippen LogP contribution >= 0.6 is 0 Å². The van der Waals surface area contributed by atoms with Crippen LogP contribution in [0.2, 0.25) is 0 Å². The molecule has 1 aliphatic rings. The van der Waals surface area contributed by atoms with Crippen LogP contribution in [0.4, 0.5) is 13.2 Å². The van der Waals surface area contributed by atoms with E-state index in [1.54, 1.807) is 0 Å². The van der Waals surface area contributed by atoms with E-state index < -0.39 is 24.4 Å². The van der Waals surface area contributed by atoms with Crippen molar-refractivity contribution in [2.24, 2.45) is 5.73 Å². The van der Waals surface area contributed by atoms with Crippen molar-refractivity contribution in [1.29, 1.82) is 0 Å². The second-order valence-corrected chi connectivity index (χ2v) is 4.54. The number of likely N-dealkylation sites (N-methyl/N-ethyl adjacent to an activating group) is 1. The quantitative estimate of drug-likeness (QED) is 0.762. The number of alkyl halides is 3. The lowest BCUT2D eigenvalue weighted by atomic mass is 9.93. The second kappa shape index (κ2) is 5.51. The Hall–Kier alpha value is -0.370. The maximum Gasteiger partial charge on any atom is 0.405 e. The topological polar surface area (TPSA) is 58.7 Å². The molecule has 0 radical (unpaired) electrons. The maximum absolute atomic E-state index is 12.6. The monoisotopic (exact) mass is 256 g/mol. The third kappa shape index (κ3) is 4.09. The minimum Gasteiger partial charge on any atom is -0.388 e. The summed E-state index contributed by atoms with van der Waals surface area (Å²) < 4.78 is 42.9. The molecule has 1 unspecified atom stereocenters. The van der Waals surface area contributed by atoms with E-state index in [0.29, 0.717) is 26.1 Å². The molecule has 0 aliphatic carbocycles. The number of nitrogens with two attached hydrogens (primary N) is 1. The van der Waals surface area contributed by atoms with Crippen molar-refractivity contribution in [2.45, 2.75) is 30.7 Å². The Kier molecular flexibility index (Phi) is 4.77. The molecule has 3 N–H and O–H groups in total. The Morgan fingerprint density at radius 3 is 2.35 bits per heavy atom. The smallest absolute Gasteiger partial charge is 0.388 e. The Balaban J connectivity index is 2.60. The summed E-state index contributed by atoms with van der Waals surface area (Å²) in [5.41, 5.74) is 4.03. The normalized spacial score (nSPS) is 22.8. The zero-order valence-electron chi connectivity index (χ0n) is 9.83. The van der Waals surface area contributed by atoms with Crippen LogP contribution < -0.4 is 5.73 Å². The van der Waals surface area contributed by atoms with Crippen molar-refractivity contribution in [3.8, 4) is 0 Å². The Bertz CT molecular complexity index is 242. The van der Waals surface area contributed by atoms with E-state index in [1.165, 1.54) is 7.05 Å². The number of halogens is 3. The molecule has 0 spiro atoms. The van der Waals surface area contributed by atoms with Crippen LogP contribution in [0.5, 0.6) is 0 Å². The first-order chi connectivity index (χ1) is 7.78. The molecule has 1 fully saturated rings. The van der Waals surface area contributed by atoms with E-state index in [0.717, 1.165) is 4.90 Å². The highest BCUT2D eigenvalue weighted by Gasteiger charge is 2.43. The Labute approximate surface area is 98.5 Å². The summed E-state index contributed by atoms with van der Waals surface area (Å²) in [6, 6.07) is -1.71. The summed E-state index contributed by atoms with van der Waals surface area (Å²) in [4.78, 5) is 1.07. The van der Waals surface area contributed by atoms with Gasteiger partial charge in [-0.15, -0.1) is 0 Å². The van der Waals surface area contributed by atoms with Gasteiger partial charge in [-0.3, -0.25) is 4.90 Å². The molecule has 0 bridgehead atoms. The summed E-state index contributed by atoms with van der Waals surface area (Å²) in [5, 5.41) is 10.1. The largest absolute Gasteiger partial charge is 0.405 e. The van der Waals surface area contributed by atoms with Gasteiger partial charge in [0.15, 0.2) is 0 Å². The first-order valence-corrected chi connectivity index (χ1v) is 5.56. The Morgan fingerprint density at radius 2 is 1.94 bits per heavy atom. The molecule has 0 saturated carbocycles. The summed E-state index contributed by atoms with van der Waals surface area (Å²) in [6.07, 6.45) is -3.66. The highest BCUT2D eigenvalue weighted by molar-refractivity contribution is 4.88. The van der Waals surface area contributed by atoms with Gasteiger partial charge < -0.3 is 15.6 Å². The Morgan fingerprint density at radius 1 is 1.41 bits per heavy atom. The molecule has 1 atom stereocenters. The lowest BCUT2D eigenvalue weighted by molar-refractivity contribution is -0.186. The van der Waals surface area contributed by atoms with Gasteiger partial charge in [-0.25, -0.2) is 0 Å². The minimum atomic E-state index is -4.37. The van der Waals surface area contributed by atoms with Gasteiger partial charge in [-0.1, -0.05) is 0 Å². The molecule has 0 aromatic carbocycles. The molecule has 1 saturated heterocycles. The van der Waals surface area contributed by atoms with E-state index in [4.69, 9.17) is 10.5 Å². The molecule has 0 amide bonds. The van der Waals surface area contributed by atoms with E-state index in [1.807, 2.05) is 0 Å². The maximum atomic E-state index is 12.6. The minimum absolute atomic E-state index is 0.0439. The van der Waals surface area contributed by atoms with Crippen LogP contribution in [0.15, 0.2) is 0 Å². The lowest BCUT2D eigenvalue weighted by Crippen LogP contribution is -2.54. The van der Waals surface area contributed by atoms with Crippen molar-refractivity contribution < 1.29 is 23.0 Å². The highest BCUT2D eigenvalue weighted by Crippen LogP contribution is 2.27. The predicted molar refractivity (Wildman–Crippen MR) is 56.5 cm³/mol. The molecule has 1 rings (SSSR count). The lowest BCUT2D eigenvalue weighted by Gasteiger charge is -2.38. The third-order valence-electron chi connectivity index (χ3n) is 3.10. The van der Waals surface area contributed by atoms with Gasteiger partial charge in [0.05, 0.1) is 5.60 Å². The summed E-state index contributed by atoms with van der Waals surface area (Å²) in [5.74, 6) is 0. The molecule has 0 aromatic rings. The number of nitrogens with zero attached hydrogens (tertiary/aromatic N) is 1. The first-order valence-electron chi connectivity index (χ1n) is 5.56. The van der Waals surface area contributed by atoms with Crippen LogP contribution in [-0.4, -0.2) is 61.2 Å². The van der Waals surface area contributed by atoms with Gasteiger partial charge in [0.25, 0.3) is 0 Å². The molecular formula is C10H19F3N2O2. The van der Waals surface area contributed by atoms with E-state index in [-0.39, 0.29) is 6.54 Å². The molecule has 1 aliphatic heterocycles. The van der Waals surface area contributed by atoms with Crippen LogP contribution in [0.25, 0.3) is 0 Å². The van der Waals surface area contributed by atoms with Crippen molar-refractivity contribution in [2.75, 3.05) is 33.4 Å². The summed E-state index contributed by atoms with van der Waals surface area (Å²) in [6.45, 7) is 0.206. The van der Waals surface area contributed by atoms with Crippen LogP contribution in [-0.2, 0) is 4.74 Å². The predicted octanol–water partition coefficient (Wildman–Crippen LogP) is 0.349. The highest BCUT2D eigenvalue weighted by atomic mass is 19.4. The zero-order valence-corrected chi connectivity index (χ0v) is 9.83. The molecule has 102 valence electrons. The van der Waals surface area contributed by atoms with Gasteiger partial charge >= 0.3 is 6.18 Å². The number of hydrogen-bond donors (Lipinski definition) is 2. The number of ether oxygens (including phenoxy) is 1. The van der Waals surface area contributed by atoms with E-state index >= 15 is 0 Å². The number of hydrogen-bond acceptors (Lipinski definition) is 4. The molecule has 17 heavy (non-hydrogen) atoms. The van der Waals surface area contributed by atoms with Crippen LogP contribution in [0.3, 0.4) is 0 Å². The fraction of sp³-hybridized carbons (Fsp3) is 1.00. The fourth-order valence-electron chi connectivity index (χ4n) is 2.05. The van der Waals surface area contributed by atoms with Crippen molar-refractivity contribution in [3.05, 3.63) is 0 Å². The van der Waals surface area contributed by atoms with Crippen molar-refractivity contribution in [1.82, 2.24) is 4.90 Å². The molecule has 7 heteroatoms. The standard InChI is InChI=1S/C10H19F3N2O2/c1-15(8(6-14)10(11,12)13)7-9(16)2-4-17-5-3-9/h8,16H,2-7,14H2,1H3. The van der Waals surface area contributed by atoms with Crippen molar-refractivity contribution >= 4 is 0 Å². The van der Waals surface area contributed by atoms with Gasteiger partial charge in [-0.2, -0.15) is 13.2 Å². The third-order valence-corrected chi connectivity index (χ3v) is 3.10. The molecule has 1 heterocycles. The number of rotatable bonds is 4. The van der Waals surface area contributed by atoms with Crippen molar-refractivity contribution in [3.63, 3.8) is 0 Å². The van der Waals surface area contributed by atoms with Gasteiger partial charge in [-0.05, 0) is 7.05 Å². The zero-order chi connectivity index (χ0) is 13.1. The van der Waals surface area contributed by atoms with E-state index in [2.05, 4.69) is 0 Å². The average Bonchev–Trinajstić information content (AvgIpc) is 2.16. The van der Waals surface area contributed by atoms with E-state index in [9.17, 15) is 18.3 Å². The summed E-state index contributed by atoms with van der Waals surface area (Å²) in [7, 11) is 1.33. The van der Waals surface area contributed by atoms with Crippen LogP contribution in [0, 0.1) is 0 Å². The SMILES string of the molecule is CN(CC1(O)CCOCC1)C(CN)C(F)(F)F. The summed E-state index contributed by atoms with van der Waals surface area (Å²) >= 11 is 0. The van der Waals surface area contributed by atoms with Crippen LogP contribution in [0.1, 0.15) is 12.8 Å².